The quantitative estimate of drug-likeness (QED) is 0.736. The SMILES string of the molecule is O=Cc1cc(F)c(F)cc1-c1ccc(Cl)cc1. The lowest BCUT2D eigenvalue weighted by molar-refractivity contribution is 0.112. The van der Waals surface area contributed by atoms with Crippen molar-refractivity contribution in [2.24, 2.45) is 0 Å². The summed E-state index contributed by atoms with van der Waals surface area (Å²) in [6.45, 7) is 0. The zero-order valence-corrected chi connectivity index (χ0v) is 9.34. The normalized spacial score (nSPS) is 10.3. The molecule has 0 atom stereocenters. The molecule has 0 saturated carbocycles. The Morgan fingerprint density at radius 2 is 1.59 bits per heavy atom. The number of hydrogen-bond donors (Lipinski definition) is 0. The zero-order chi connectivity index (χ0) is 12.4. The molecule has 2 rings (SSSR count). The first-order valence-electron chi connectivity index (χ1n) is 4.82. The van der Waals surface area contributed by atoms with Crippen LogP contribution in [0.2, 0.25) is 5.02 Å². The number of carbonyl (C=O) groups is 1. The Labute approximate surface area is 102 Å². The number of halogens is 3. The smallest absolute Gasteiger partial charge is 0.159 e. The minimum Gasteiger partial charge on any atom is -0.298 e. The lowest BCUT2D eigenvalue weighted by Gasteiger charge is -2.06. The number of carbonyl (C=O) groups excluding carboxylic acids is 1. The van der Waals surface area contributed by atoms with E-state index in [0.717, 1.165) is 12.1 Å². The third-order valence-corrected chi connectivity index (χ3v) is 2.63. The summed E-state index contributed by atoms with van der Waals surface area (Å²) in [6.07, 6.45) is 0.493. The van der Waals surface area contributed by atoms with Crippen molar-refractivity contribution < 1.29 is 13.6 Å². The average Bonchev–Trinajstić information content (AvgIpc) is 2.33. The van der Waals surface area contributed by atoms with Gasteiger partial charge < -0.3 is 0 Å². The van der Waals surface area contributed by atoms with Crippen LogP contribution < -0.4 is 0 Å². The van der Waals surface area contributed by atoms with Crippen molar-refractivity contribution in [2.75, 3.05) is 0 Å². The second kappa shape index (κ2) is 4.63. The van der Waals surface area contributed by atoms with E-state index >= 15 is 0 Å². The molecule has 0 saturated heterocycles. The lowest BCUT2D eigenvalue weighted by Crippen LogP contribution is -1.93. The molecule has 17 heavy (non-hydrogen) atoms. The van der Waals surface area contributed by atoms with Crippen molar-refractivity contribution in [3.05, 3.63) is 58.6 Å². The van der Waals surface area contributed by atoms with Gasteiger partial charge in [0.1, 0.15) is 0 Å². The number of aldehydes is 1. The van der Waals surface area contributed by atoms with Crippen LogP contribution in [0, 0.1) is 11.6 Å². The largest absolute Gasteiger partial charge is 0.298 e. The molecule has 0 aliphatic rings. The average molecular weight is 253 g/mol. The van der Waals surface area contributed by atoms with E-state index in [1.54, 1.807) is 24.3 Å². The van der Waals surface area contributed by atoms with E-state index in [9.17, 15) is 13.6 Å². The van der Waals surface area contributed by atoms with Crippen molar-refractivity contribution in [3.8, 4) is 11.1 Å². The highest BCUT2D eigenvalue weighted by atomic mass is 35.5. The van der Waals surface area contributed by atoms with Gasteiger partial charge in [-0.25, -0.2) is 8.78 Å². The van der Waals surface area contributed by atoms with Gasteiger partial charge in [0.05, 0.1) is 0 Å². The highest BCUT2D eigenvalue weighted by Crippen LogP contribution is 2.26. The first-order valence-corrected chi connectivity index (χ1v) is 5.20. The van der Waals surface area contributed by atoms with Crippen LogP contribution in [0.1, 0.15) is 10.4 Å². The molecule has 0 radical (unpaired) electrons. The molecule has 4 heteroatoms. The highest BCUT2D eigenvalue weighted by molar-refractivity contribution is 6.30. The Morgan fingerprint density at radius 1 is 1.00 bits per heavy atom. The lowest BCUT2D eigenvalue weighted by atomic mass is 10.00. The molecule has 0 unspecified atom stereocenters. The van der Waals surface area contributed by atoms with Crippen LogP contribution >= 0.6 is 11.6 Å². The Morgan fingerprint density at radius 3 is 2.18 bits per heavy atom. The molecule has 2 aromatic rings. The molecule has 0 bridgehead atoms. The molecular formula is C13H7ClF2O. The predicted molar refractivity (Wildman–Crippen MR) is 62.2 cm³/mol. The second-order valence-corrected chi connectivity index (χ2v) is 3.91. The molecule has 2 aromatic carbocycles. The second-order valence-electron chi connectivity index (χ2n) is 3.48. The van der Waals surface area contributed by atoms with Gasteiger partial charge in [-0.1, -0.05) is 23.7 Å². The Balaban J connectivity index is 2.61. The van der Waals surface area contributed by atoms with E-state index in [1.165, 1.54) is 0 Å². The Kier molecular flexibility index (Phi) is 3.20. The summed E-state index contributed by atoms with van der Waals surface area (Å²) < 4.78 is 26.1. The number of benzene rings is 2. The number of hydrogen-bond acceptors (Lipinski definition) is 1. The van der Waals surface area contributed by atoms with Crippen molar-refractivity contribution in [1.82, 2.24) is 0 Å². The van der Waals surface area contributed by atoms with Crippen LogP contribution in [0.3, 0.4) is 0 Å². The molecule has 0 N–H and O–H groups in total. The summed E-state index contributed by atoms with van der Waals surface area (Å²) in [5.41, 5.74) is 1.05. The van der Waals surface area contributed by atoms with Crippen LogP contribution in [-0.2, 0) is 0 Å². The van der Waals surface area contributed by atoms with E-state index in [-0.39, 0.29) is 5.56 Å². The van der Waals surface area contributed by atoms with E-state index in [0.29, 0.717) is 22.4 Å². The van der Waals surface area contributed by atoms with Crippen LogP contribution in [0.15, 0.2) is 36.4 Å². The minimum atomic E-state index is -1.04. The summed E-state index contributed by atoms with van der Waals surface area (Å²) in [5, 5.41) is 0.531. The van der Waals surface area contributed by atoms with Gasteiger partial charge in [0.25, 0.3) is 0 Å². The molecule has 0 aromatic heterocycles. The van der Waals surface area contributed by atoms with Crippen LogP contribution in [-0.4, -0.2) is 6.29 Å². The predicted octanol–water partition coefficient (Wildman–Crippen LogP) is 4.10. The molecule has 0 amide bonds. The Hall–Kier alpha value is -1.74. The molecule has 0 fully saturated rings. The van der Waals surface area contributed by atoms with Gasteiger partial charge >= 0.3 is 0 Å². The fourth-order valence-corrected chi connectivity index (χ4v) is 1.67. The Bertz CT molecular complexity index is 564. The first-order chi connectivity index (χ1) is 8.11. The standard InChI is InChI=1S/C13H7ClF2O/c14-10-3-1-8(2-4-10)11-6-13(16)12(15)5-9(11)7-17/h1-7H. The van der Waals surface area contributed by atoms with Gasteiger partial charge in [0.2, 0.25) is 0 Å². The number of rotatable bonds is 2. The van der Waals surface area contributed by atoms with Crippen molar-refractivity contribution in [2.45, 2.75) is 0 Å². The van der Waals surface area contributed by atoms with E-state index in [4.69, 9.17) is 11.6 Å². The maximum Gasteiger partial charge on any atom is 0.159 e. The molecule has 0 spiro atoms. The van der Waals surface area contributed by atoms with Gasteiger partial charge in [-0.3, -0.25) is 4.79 Å². The van der Waals surface area contributed by atoms with Gasteiger partial charge in [0, 0.05) is 10.6 Å². The zero-order valence-electron chi connectivity index (χ0n) is 8.58. The van der Waals surface area contributed by atoms with Gasteiger partial charge in [0.15, 0.2) is 17.9 Å². The maximum atomic E-state index is 13.1. The summed E-state index contributed by atoms with van der Waals surface area (Å²) in [5.74, 6) is -2.02. The minimum absolute atomic E-state index is 0.103. The molecule has 0 aliphatic heterocycles. The highest BCUT2D eigenvalue weighted by Gasteiger charge is 2.10. The van der Waals surface area contributed by atoms with Crippen molar-refractivity contribution >= 4 is 17.9 Å². The maximum absolute atomic E-state index is 13.1. The summed E-state index contributed by atoms with van der Waals surface area (Å²) in [6, 6.07) is 8.40. The molecular weight excluding hydrogens is 246 g/mol. The molecule has 1 nitrogen and oxygen atoms in total. The fraction of sp³-hybridized carbons (Fsp3) is 0. The van der Waals surface area contributed by atoms with E-state index in [1.807, 2.05) is 0 Å². The van der Waals surface area contributed by atoms with E-state index < -0.39 is 11.6 Å². The van der Waals surface area contributed by atoms with Crippen molar-refractivity contribution in [1.29, 1.82) is 0 Å². The van der Waals surface area contributed by atoms with Gasteiger partial charge in [-0.05, 0) is 35.4 Å². The molecule has 86 valence electrons. The van der Waals surface area contributed by atoms with Crippen molar-refractivity contribution in [3.63, 3.8) is 0 Å². The molecule has 0 heterocycles. The van der Waals surface area contributed by atoms with Gasteiger partial charge in [-0.15, -0.1) is 0 Å². The molecule has 0 aliphatic carbocycles. The van der Waals surface area contributed by atoms with Crippen LogP contribution in [0.5, 0.6) is 0 Å². The summed E-state index contributed by atoms with van der Waals surface area (Å²) in [4.78, 5) is 10.8. The topological polar surface area (TPSA) is 17.1 Å². The monoisotopic (exact) mass is 252 g/mol. The third kappa shape index (κ3) is 2.34. The van der Waals surface area contributed by atoms with Crippen LogP contribution in [0.4, 0.5) is 8.78 Å². The third-order valence-electron chi connectivity index (χ3n) is 2.37. The first kappa shape index (κ1) is 11.7. The fourth-order valence-electron chi connectivity index (χ4n) is 1.54. The van der Waals surface area contributed by atoms with Crippen LogP contribution in [0.25, 0.3) is 11.1 Å². The summed E-state index contributed by atoms with van der Waals surface area (Å²) >= 11 is 5.73. The summed E-state index contributed by atoms with van der Waals surface area (Å²) in [7, 11) is 0. The van der Waals surface area contributed by atoms with Gasteiger partial charge in [-0.2, -0.15) is 0 Å². The van der Waals surface area contributed by atoms with E-state index in [2.05, 4.69) is 0 Å².